The fourth-order valence-corrected chi connectivity index (χ4v) is 2.53. The Labute approximate surface area is 91.9 Å². The van der Waals surface area contributed by atoms with Gasteiger partial charge in [0.2, 0.25) is 0 Å². The summed E-state index contributed by atoms with van der Waals surface area (Å²) < 4.78 is 22.2. The lowest BCUT2D eigenvalue weighted by Gasteiger charge is -2.06. The maximum absolute atomic E-state index is 11.1. The van der Waals surface area contributed by atoms with Crippen molar-refractivity contribution < 1.29 is 18.3 Å². The Balaban J connectivity index is 3.58. The van der Waals surface area contributed by atoms with Gasteiger partial charge in [-0.2, -0.15) is 0 Å². The van der Waals surface area contributed by atoms with Gasteiger partial charge in [0.05, 0.1) is 10.5 Å². The van der Waals surface area contributed by atoms with Gasteiger partial charge < -0.3 is 5.11 Å². The molecule has 0 spiro atoms. The first-order valence-corrected chi connectivity index (χ1v) is 6.33. The number of aromatic carboxylic acids is 1. The highest BCUT2D eigenvalue weighted by atomic mass is 35.7. The second kappa shape index (κ2) is 3.83. The molecule has 4 nitrogen and oxygen atoms in total. The highest BCUT2D eigenvalue weighted by Gasteiger charge is 2.18. The van der Waals surface area contributed by atoms with Crippen LogP contribution in [0.5, 0.6) is 0 Å². The fourth-order valence-electron chi connectivity index (χ4n) is 1.33. The van der Waals surface area contributed by atoms with E-state index in [1.165, 1.54) is 6.07 Å². The SMILES string of the molecule is Cc1cc(C)c(S(=O)(=O)Cl)cc1C(=O)O. The molecule has 1 aromatic rings. The van der Waals surface area contributed by atoms with Gasteiger partial charge in [-0.05, 0) is 31.0 Å². The van der Waals surface area contributed by atoms with Crippen LogP contribution in [0.25, 0.3) is 0 Å². The van der Waals surface area contributed by atoms with Crippen LogP contribution in [0.2, 0.25) is 0 Å². The summed E-state index contributed by atoms with van der Waals surface area (Å²) in [6.07, 6.45) is 0. The lowest BCUT2D eigenvalue weighted by Crippen LogP contribution is -2.04. The molecular weight excluding hydrogens is 240 g/mol. The van der Waals surface area contributed by atoms with Crippen LogP contribution in [0.15, 0.2) is 17.0 Å². The zero-order chi connectivity index (χ0) is 11.8. The van der Waals surface area contributed by atoms with E-state index in [1.54, 1.807) is 13.8 Å². The van der Waals surface area contributed by atoms with Crippen molar-refractivity contribution >= 4 is 25.7 Å². The van der Waals surface area contributed by atoms with Crippen LogP contribution >= 0.6 is 10.7 Å². The first-order valence-electron chi connectivity index (χ1n) is 4.02. The minimum absolute atomic E-state index is 0.0557. The smallest absolute Gasteiger partial charge is 0.335 e. The number of hydrogen-bond donors (Lipinski definition) is 1. The molecule has 0 aliphatic carbocycles. The molecule has 0 unspecified atom stereocenters. The van der Waals surface area contributed by atoms with E-state index in [-0.39, 0.29) is 10.5 Å². The molecule has 0 aliphatic heterocycles. The van der Waals surface area contributed by atoms with Crippen LogP contribution in [0, 0.1) is 13.8 Å². The number of carbonyl (C=O) groups is 1. The summed E-state index contributed by atoms with van der Waals surface area (Å²) in [6, 6.07) is 2.56. The second-order valence-corrected chi connectivity index (χ2v) is 5.71. The molecule has 0 heterocycles. The van der Waals surface area contributed by atoms with E-state index < -0.39 is 15.0 Å². The Morgan fingerprint density at radius 1 is 1.27 bits per heavy atom. The van der Waals surface area contributed by atoms with E-state index in [4.69, 9.17) is 15.8 Å². The third-order valence-electron chi connectivity index (χ3n) is 2.02. The summed E-state index contributed by atoms with van der Waals surface area (Å²) in [6.45, 7) is 3.16. The molecule has 0 bridgehead atoms. The topological polar surface area (TPSA) is 71.4 Å². The highest BCUT2D eigenvalue weighted by Crippen LogP contribution is 2.23. The number of aryl methyl sites for hydroxylation is 2. The van der Waals surface area contributed by atoms with Gasteiger partial charge in [0, 0.05) is 10.7 Å². The number of carboxylic acids is 1. The monoisotopic (exact) mass is 248 g/mol. The summed E-state index contributed by atoms with van der Waals surface area (Å²) in [5.41, 5.74) is 0.886. The van der Waals surface area contributed by atoms with Crippen molar-refractivity contribution in [2.45, 2.75) is 18.7 Å². The van der Waals surface area contributed by atoms with E-state index >= 15 is 0 Å². The average Bonchev–Trinajstić information content (AvgIpc) is 2.00. The highest BCUT2D eigenvalue weighted by molar-refractivity contribution is 8.13. The van der Waals surface area contributed by atoms with Gasteiger partial charge >= 0.3 is 5.97 Å². The molecule has 0 fully saturated rings. The minimum atomic E-state index is -3.90. The number of halogens is 1. The van der Waals surface area contributed by atoms with Crippen molar-refractivity contribution in [2.75, 3.05) is 0 Å². The van der Waals surface area contributed by atoms with Crippen molar-refractivity contribution in [2.24, 2.45) is 0 Å². The maximum Gasteiger partial charge on any atom is 0.335 e. The van der Waals surface area contributed by atoms with E-state index in [0.717, 1.165) is 6.07 Å². The Morgan fingerprint density at radius 3 is 2.20 bits per heavy atom. The third-order valence-corrected chi connectivity index (χ3v) is 3.48. The summed E-state index contributed by atoms with van der Waals surface area (Å²) in [5.74, 6) is -1.17. The normalized spacial score (nSPS) is 11.4. The minimum Gasteiger partial charge on any atom is -0.478 e. The molecule has 0 saturated heterocycles. The first-order chi connectivity index (χ1) is 6.73. The van der Waals surface area contributed by atoms with Crippen LogP contribution in [0.1, 0.15) is 21.5 Å². The number of benzene rings is 1. The predicted octanol–water partition coefficient (Wildman–Crippen LogP) is 1.93. The van der Waals surface area contributed by atoms with Crippen LogP contribution < -0.4 is 0 Å². The Bertz CT molecular complexity index is 519. The van der Waals surface area contributed by atoms with Gasteiger partial charge in [-0.25, -0.2) is 13.2 Å². The van der Waals surface area contributed by atoms with Gasteiger partial charge in [0.25, 0.3) is 9.05 Å². The van der Waals surface area contributed by atoms with Crippen LogP contribution in [-0.2, 0) is 9.05 Å². The van der Waals surface area contributed by atoms with Gasteiger partial charge in [0.15, 0.2) is 0 Å². The van der Waals surface area contributed by atoms with Gasteiger partial charge in [-0.3, -0.25) is 0 Å². The first kappa shape index (κ1) is 12.0. The fraction of sp³-hybridized carbons (Fsp3) is 0.222. The molecule has 0 radical (unpaired) electrons. The Morgan fingerprint density at radius 2 is 1.80 bits per heavy atom. The second-order valence-electron chi connectivity index (χ2n) is 3.18. The van der Waals surface area contributed by atoms with Gasteiger partial charge in [-0.1, -0.05) is 6.07 Å². The third kappa shape index (κ3) is 2.49. The lowest BCUT2D eigenvalue weighted by atomic mass is 10.1. The Kier molecular flexibility index (Phi) is 3.06. The van der Waals surface area contributed by atoms with Crippen molar-refractivity contribution in [1.82, 2.24) is 0 Å². The molecule has 82 valence electrons. The quantitative estimate of drug-likeness (QED) is 0.812. The molecule has 6 heteroatoms. The van der Waals surface area contributed by atoms with E-state index in [1.807, 2.05) is 0 Å². The maximum atomic E-state index is 11.1. The predicted molar refractivity (Wildman–Crippen MR) is 55.9 cm³/mol. The molecule has 0 atom stereocenters. The Hall–Kier alpha value is -1.07. The summed E-state index contributed by atoms with van der Waals surface area (Å²) in [4.78, 5) is 10.6. The van der Waals surface area contributed by atoms with Crippen LogP contribution in [0.3, 0.4) is 0 Å². The van der Waals surface area contributed by atoms with E-state index in [2.05, 4.69) is 0 Å². The summed E-state index contributed by atoms with van der Waals surface area (Å²) in [5, 5.41) is 8.81. The zero-order valence-corrected chi connectivity index (χ0v) is 9.69. The molecule has 1 N–H and O–H groups in total. The standard InChI is InChI=1S/C9H9ClO4S/c1-5-3-6(2)8(15(10,13)14)4-7(5)9(11)12/h3-4H,1-2H3,(H,11,12). The van der Waals surface area contributed by atoms with Gasteiger partial charge in [-0.15, -0.1) is 0 Å². The van der Waals surface area contributed by atoms with Crippen molar-refractivity contribution in [3.8, 4) is 0 Å². The molecule has 1 aromatic carbocycles. The van der Waals surface area contributed by atoms with Crippen molar-refractivity contribution in [1.29, 1.82) is 0 Å². The van der Waals surface area contributed by atoms with Crippen LogP contribution in [-0.4, -0.2) is 19.5 Å². The lowest BCUT2D eigenvalue weighted by molar-refractivity contribution is 0.0696. The molecule has 1 rings (SSSR count). The van der Waals surface area contributed by atoms with Crippen molar-refractivity contribution in [3.63, 3.8) is 0 Å². The largest absolute Gasteiger partial charge is 0.478 e. The summed E-state index contributed by atoms with van der Waals surface area (Å²) in [7, 11) is 1.27. The number of rotatable bonds is 2. The molecular formula is C9H9ClO4S. The molecule has 0 amide bonds. The summed E-state index contributed by atoms with van der Waals surface area (Å²) >= 11 is 0. The number of carboxylic acid groups (broad SMARTS) is 1. The molecule has 0 saturated carbocycles. The van der Waals surface area contributed by atoms with Crippen molar-refractivity contribution in [3.05, 3.63) is 28.8 Å². The van der Waals surface area contributed by atoms with E-state index in [9.17, 15) is 13.2 Å². The molecule has 15 heavy (non-hydrogen) atoms. The molecule has 0 aromatic heterocycles. The average molecular weight is 249 g/mol. The van der Waals surface area contributed by atoms with Gasteiger partial charge in [0.1, 0.15) is 0 Å². The molecule has 0 aliphatic rings. The van der Waals surface area contributed by atoms with E-state index in [0.29, 0.717) is 11.1 Å². The number of hydrogen-bond acceptors (Lipinski definition) is 3. The van der Waals surface area contributed by atoms with Crippen LogP contribution in [0.4, 0.5) is 0 Å². The zero-order valence-electron chi connectivity index (χ0n) is 8.11.